The van der Waals surface area contributed by atoms with Crippen LogP contribution in [-0.2, 0) is 19.7 Å². The number of rotatable bonds is 8. The molecule has 2 aromatic rings. The molecule has 0 spiro atoms. The van der Waals surface area contributed by atoms with Crippen molar-refractivity contribution in [1.82, 2.24) is 5.32 Å². The Bertz CT molecular complexity index is 925. The Hall–Kier alpha value is -2.53. The summed E-state index contributed by atoms with van der Waals surface area (Å²) in [4.78, 5) is 25.5. The third-order valence-electron chi connectivity index (χ3n) is 6.62. The zero-order chi connectivity index (χ0) is 23.8. The first-order valence-electron chi connectivity index (χ1n) is 11.7. The summed E-state index contributed by atoms with van der Waals surface area (Å²) in [6.45, 7) is 4.03. The van der Waals surface area contributed by atoms with Crippen LogP contribution in [0.2, 0.25) is 5.02 Å². The first-order chi connectivity index (χ1) is 15.8. The van der Waals surface area contributed by atoms with Crippen molar-refractivity contribution >= 4 is 23.7 Å². The second-order valence-electron chi connectivity index (χ2n) is 9.39. The van der Waals surface area contributed by atoms with Crippen LogP contribution in [0.1, 0.15) is 69.6 Å². The molecule has 0 heterocycles. The summed E-state index contributed by atoms with van der Waals surface area (Å²) >= 11 is 6.25. The Morgan fingerprint density at radius 2 is 1.76 bits per heavy atom. The summed E-state index contributed by atoms with van der Waals surface area (Å²) in [5.74, 6) is -0.0427. The molecule has 1 unspecified atom stereocenters. The fourth-order valence-electron chi connectivity index (χ4n) is 4.70. The number of amides is 1. The zero-order valence-corrected chi connectivity index (χ0v) is 20.4. The number of carbonyl (C=O) groups excluding carboxylic acids is 2. The van der Waals surface area contributed by atoms with Crippen molar-refractivity contribution in [3.8, 4) is 0 Å². The summed E-state index contributed by atoms with van der Waals surface area (Å²) in [7, 11) is 1.35. The summed E-state index contributed by atoms with van der Waals surface area (Å²) in [6.07, 6.45) is 5.02. The van der Waals surface area contributed by atoms with E-state index in [2.05, 4.69) is 5.32 Å². The molecule has 1 amide bonds. The van der Waals surface area contributed by atoms with Crippen LogP contribution in [0.15, 0.2) is 54.6 Å². The average Bonchev–Trinajstić information content (AvgIpc) is 2.82. The van der Waals surface area contributed by atoms with E-state index >= 15 is 0 Å². The molecule has 178 valence electrons. The molecule has 1 fully saturated rings. The lowest BCUT2D eigenvalue weighted by molar-refractivity contribution is -0.143. The van der Waals surface area contributed by atoms with Gasteiger partial charge in [-0.15, -0.1) is 0 Å². The minimum atomic E-state index is -0.726. The Morgan fingerprint density at radius 1 is 1.06 bits per heavy atom. The molecule has 33 heavy (non-hydrogen) atoms. The van der Waals surface area contributed by atoms with Crippen molar-refractivity contribution in [3.63, 3.8) is 0 Å². The van der Waals surface area contributed by atoms with E-state index in [1.165, 1.54) is 13.5 Å². The molecule has 3 rings (SSSR count). The number of halogens is 1. The maximum absolute atomic E-state index is 13.1. The molecule has 2 aromatic carbocycles. The summed E-state index contributed by atoms with van der Waals surface area (Å²) in [6, 6.07) is 16.5. The van der Waals surface area contributed by atoms with Crippen molar-refractivity contribution < 1.29 is 19.1 Å². The van der Waals surface area contributed by atoms with E-state index in [4.69, 9.17) is 21.1 Å². The Morgan fingerprint density at radius 3 is 2.39 bits per heavy atom. The minimum absolute atomic E-state index is 0.399. The van der Waals surface area contributed by atoms with Gasteiger partial charge in [0.15, 0.2) is 0 Å². The van der Waals surface area contributed by atoms with Gasteiger partial charge in [0.1, 0.15) is 12.1 Å². The van der Waals surface area contributed by atoms with Gasteiger partial charge in [0.2, 0.25) is 0 Å². The SMILES string of the molecule is COC(=O)[C@H](CC1CCCCC1)NC(=O)OC(c1ccccc1)C(C)(C)c1cccc(Cl)c1. The molecule has 1 N–H and O–H groups in total. The van der Waals surface area contributed by atoms with Crippen LogP contribution in [0.25, 0.3) is 0 Å². The fraction of sp³-hybridized carbons (Fsp3) is 0.481. The third kappa shape index (κ3) is 6.73. The number of methoxy groups -OCH3 is 1. The van der Waals surface area contributed by atoms with E-state index < -0.39 is 29.6 Å². The number of ether oxygens (including phenoxy) is 2. The highest BCUT2D eigenvalue weighted by atomic mass is 35.5. The number of nitrogens with one attached hydrogen (secondary N) is 1. The van der Waals surface area contributed by atoms with Crippen LogP contribution in [0, 0.1) is 5.92 Å². The summed E-state index contributed by atoms with van der Waals surface area (Å²) < 4.78 is 11.0. The maximum atomic E-state index is 13.1. The molecule has 0 saturated heterocycles. The predicted octanol–water partition coefficient (Wildman–Crippen LogP) is 6.60. The highest BCUT2D eigenvalue weighted by Gasteiger charge is 2.37. The first kappa shape index (κ1) is 25.1. The number of benzene rings is 2. The van der Waals surface area contributed by atoms with Gasteiger partial charge in [0.05, 0.1) is 7.11 Å². The number of esters is 1. The van der Waals surface area contributed by atoms with E-state index in [0.717, 1.165) is 36.8 Å². The van der Waals surface area contributed by atoms with E-state index in [1.54, 1.807) is 0 Å². The molecule has 0 radical (unpaired) electrons. The van der Waals surface area contributed by atoms with Crippen LogP contribution in [0.3, 0.4) is 0 Å². The molecular weight excluding hydrogens is 438 g/mol. The number of hydrogen-bond acceptors (Lipinski definition) is 4. The van der Waals surface area contributed by atoms with Crippen molar-refractivity contribution in [3.05, 3.63) is 70.7 Å². The molecule has 5 nitrogen and oxygen atoms in total. The molecular formula is C27H34ClNO4. The largest absolute Gasteiger partial charge is 0.467 e. The van der Waals surface area contributed by atoms with Crippen molar-refractivity contribution in [2.24, 2.45) is 5.92 Å². The smallest absolute Gasteiger partial charge is 0.408 e. The lowest BCUT2D eigenvalue weighted by Gasteiger charge is -2.35. The van der Waals surface area contributed by atoms with Crippen LogP contribution in [-0.4, -0.2) is 25.2 Å². The number of carbonyl (C=O) groups is 2. The first-order valence-corrected chi connectivity index (χ1v) is 12.0. The molecule has 1 aliphatic carbocycles. The van der Waals surface area contributed by atoms with Gasteiger partial charge in [-0.05, 0) is 35.6 Å². The van der Waals surface area contributed by atoms with Crippen LogP contribution in [0.4, 0.5) is 4.79 Å². The molecule has 0 bridgehead atoms. The van der Waals surface area contributed by atoms with E-state index in [0.29, 0.717) is 17.4 Å². The van der Waals surface area contributed by atoms with E-state index in [-0.39, 0.29) is 0 Å². The topological polar surface area (TPSA) is 64.6 Å². The third-order valence-corrected chi connectivity index (χ3v) is 6.86. The van der Waals surface area contributed by atoms with Gasteiger partial charge in [0, 0.05) is 10.4 Å². The molecule has 1 saturated carbocycles. The van der Waals surface area contributed by atoms with Gasteiger partial charge in [-0.2, -0.15) is 0 Å². The number of hydrogen-bond donors (Lipinski definition) is 1. The zero-order valence-electron chi connectivity index (χ0n) is 19.7. The average molecular weight is 472 g/mol. The molecule has 0 aliphatic heterocycles. The van der Waals surface area contributed by atoms with Gasteiger partial charge in [-0.25, -0.2) is 9.59 Å². The van der Waals surface area contributed by atoms with Gasteiger partial charge in [-0.3, -0.25) is 0 Å². The monoisotopic (exact) mass is 471 g/mol. The highest BCUT2D eigenvalue weighted by Crippen LogP contribution is 2.40. The van der Waals surface area contributed by atoms with Crippen LogP contribution >= 0.6 is 11.6 Å². The van der Waals surface area contributed by atoms with Gasteiger partial charge >= 0.3 is 12.1 Å². The van der Waals surface area contributed by atoms with Crippen molar-refractivity contribution in [2.75, 3.05) is 7.11 Å². The number of alkyl carbamates (subject to hydrolysis) is 1. The molecule has 0 aromatic heterocycles. The second kappa shape index (κ2) is 11.6. The van der Waals surface area contributed by atoms with Gasteiger partial charge in [-0.1, -0.05) is 100 Å². The second-order valence-corrected chi connectivity index (χ2v) is 9.82. The van der Waals surface area contributed by atoms with Gasteiger partial charge in [0.25, 0.3) is 0 Å². The van der Waals surface area contributed by atoms with Crippen molar-refractivity contribution in [1.29, 1.82) is 0 Å². The van der Waals surface area contributed by atoms with E-state index in [9.17, 15) is 9.59 Å². The van der Waals surface area contributed by atoms with E-state index in [1.807, 2.05) is 68.4 Å². The molecule has 6 heteroatoms. The van der Waals surface area contributed by atoms with Crippen LogP contribution in [0.5, 0.6) is 0 Å². The highest BCUT2D eigenvalue weighted by molar-refractivity contribution is 6.30. The Kier molecular flexibility index (Phi) is 8.79. The Balaban J connectivity index is 1.81. The van der Waals surface area contributed by atoms with Crippen LogP contribution < -0.4 is 5.32 Å². The maximum Gasteiger partial charge on any atom is 0.408 e. The lowest BCUT2D eigenvalue weighted by atomic mass is 9.76. The lowest BCUT2D eigenvalue weighted by Crippen LogP contribution is -2.44. The molecule has 1 aliphatic rings. The summed E-state index contributed by atoms with van der Waals surface area (Å²) in [5, 5.41) is 3.41. The minimum Gasteiger partial charge on any atom is -0.467 e. The standard InChI is InChI=1S/C27H34ClNO4/c1-27(2,21-15-10-16-22(28)18-21)24(20-13-8-5-9-14-20)33-26(31)29-23(25(30)32-3)17-19-11-6-4-7-12-19/h5,8-10,13-16,18-19,23-24H,4,6-7,11-12,17H2,1-3H3,(H,29,31)/t23-,24?/m0/s1. The quantitative estimate of drug-likeness (QED) is 0.440. The normalized spacial score (nSPS) is 16.5. The van der Waals surface area contributed by atoms with Crippen molar-refractivity contribution in [2.45, 2.75) is 69.9 Å². The van der Waals surface area contributed by atoms with Gasteiger partial charge < -0.3 is 14.8 Å². The summed E-state index contributed by atoms with van der Waals surface area (Å²) in [5.41, 5.74) is 1.23. The fourth-order valence-corrected chi connectivity index (χ4v) is 4.89. The Labute approximate surface area is 201 Å². The molecule has 2 atom stereocenters. The predicted molar refractivity (Wildman–Crippen MR) is 130 cm³/mol.